The fourth-order valence-electron chi connectivity index (χ4n) is 1.65. The summed E-state index contributed by atoms with van der Waals surface area (Å²) in [6, 6.07) is 6.57. The van der Waals surface area contributed by atoms with Crippen LogP contribution in [0.3, 0.4) is 0 Å². The van der Waals surface area contributed by atoms with Crippen LogP contribution < -0.4 is 5.32 Å². The Kier molecular flexibility index (Phi) is 4.91. The van der Waals surface area contributed by atoms with Crippen LogP contribution in [-0.2, 0) is 6.42 Å². The second kappa shape index (κ2) is 5.74. The van der Waals surface area contributed by atoms with E-state index in [1.165, 1.54) is 0 Å². The van der Waals surface area contributed by atoms with Gasteiger partial charge in [-0.2, -0.15) is 0 Å². The minimum Gasteiger partial charge on any atom is -0.312 e. The highest BCUT2D eigenvalue weighted by atomic mass is 35.5. The van der Waals surface area contributed by atoms with Crippen molar-refractivity contribution < 1.29 is 0 Å². The van der Waals surface area contributed by atoms with Crippen molar-refractivity contribution in [1.82, 2.24) is 5.32 Å². The van der Waals surface area contributed by atoms with Gasteiger partial charge in [-0.25, -0.2) is 0 Å². The fourth-order valence-corrected chi connectivity index (χ4v) is 2.13. The van der Waals surface area contributed by atoms with Crippen LogP contribution in [0.2, 0.25) is 10.0 Å². The maximum absolute atomic E-state index is 6.10. The molecule has 0 bridgehead atoms. The molecule has 1 rings (SSSR count). The summed E-state index contributed by atoms with van der Waals surface area (Å²) in [5.41, 5.74) is 1.14. The third kappa shape index (κ3) is 4.42. The van der Waals surface area contributed by atoms with E-state index in [4.69, 9.17) is 23.2 Å². The van der Waals surface area contributed by atoms with Gasteiger partial charge in [0.25, 0.3) is 0 Å². The number of nitrogens with one attached hydrogen (secondary N) is 1. The van der Waals surface area contributed by atoms with E-state index in [-0.39, 0.29) is 0 Å². The van der Waals surface area contributed by atoms with Crippen molar-refractivity contribution >= 4 is 23.2 Å². The zero-order valence-electron chi connectivity index (χ0n) is 9.35. The summed E-state index contributed by atoms with van der Waals surface area (Å²) in [4.78, 5) is 0. The quantitative estimate of drug-likeness (QED) is 0.848. The molecular weight excluding hydrogens is 229 g/mol. The van der Waals surface area contributed by atoms with E-state index >= 15 is 0 Å². The first kappa shape index (κ1) is 12.8. The minimum atomic E-state index is 0.420. The highest BCUT2D eigenvalue weighted by molar-refractivity contribution is 6.35. The van der Waals surface area contributed by atoms with Gasteiger partial charge < -0.3 is 5.32 Å². The lowest BCUT2D eigenvalue weighted by Gasteiger charge is -2.17. The zero-order valence-corrected chi connectivity index (χ0v) is 10.9. The number of hydrogen-bond acceptors (Lipinski definition) is 1. The summed E-state index contributed by atoms with van der Waals surface area (Å²) in [5.74, 6) is 0. The minimum absolute atomic E-state index is 0.420. The smallest absolute Gasteiger partial charge is 0.0453 e. The Morgan fingerprint density at radius 2 is 1.87 bits per heavy atom. The first-order valence-corrected chi connectivity index (χ1v) is 5.94. The SMILES string of the molecule is CC(C)NC(C)Cc1ccc(Cl)cc1Cl. The third-order valence-corrected chi connectivity index (χ3v) is 2.75. The molecule has 0 aliphatic carbocycles. The molecule has 1 atom stereocenters. The predicted molar refractivity (Wildman–Crippen MR) is 67.9 cm³/mol. The topological polar surface area (TPSA) is 12.0 Å². The van der Waals surface area contributed by atoms with Gasteiger partial charge in [0.15, 0.2) is 0 Å². The van der Waals surface area contributed by atoms with Crippen molar-refractivity contribution in [2.75, 3.05) is 0 Å². The van der Waals surface area contributed by atoms with Crippen LogP contribution in [0.4, 0.5) is 0 Å². The number of benzene rings is 1. The van der Waals surface area contributed by atoms with Gasteiger partial charge in [-0.1, -0.05) is 43.1 Å². The van der Waals surface area contributed by atoms with E-state index in [0.717, 1.165) is 17.0 Å². The van der Waals surface area contributed by atoms with Crippen molar-refractivity contribution in [3.63, 3.8) is 0 Å². The van der Waals surface area contributed by atoms with E-state index in [0.29, 0.717) is 17.1 Å². The average molecular weight is 246 g/mol. The van der Waals surface area contributed by atoms with E-state index in [1.807, 2.05) is 12.1 Å². The number of hydrogen-bond donors (Lipinski definition) is 1. The summed E-state index contributed by atoms with van der Waals surface area (Å²) in [5, 5.41) is 4.88. The molecule has 0 aliphatic heterocycles. The third-order valence-electron chi connectivity index (χ3n) is 2.16. The van der Waals surface area contributed by atoms with Crippen LogP contribution in [0.5, 0.6) is 0 Å². The molecular formula is C12H17Cl2N. The van der Waals surface area contributed by atoms with Gasteiger partial charge in [0, 0.05) is 22.1 Å². The van der Waals surface area contributed by atoms with Crippen molar-refractivity contribution in [2.45, 2.75) is 39.3 Å². The number of halogens is 2. The average Bonchev–Trinajstić information content (AvgIpc) is 2.08. The molecule has 1 aromatic rings. The summed E-state index contributed by atoms with van der Waals surface area (Å²) in [6.07, 6.45) is 0.925. The Bertz CT molecular complexity index is 323. The van der Waals surface area contributed by atoms with Crippen LogP contribution >= 0.6 is 23.2 Å². The van der Waals surface area contributed by atoms with Crippen molar-refractivity contribution in [1.29, 1.82) is 0 Å². The van der Waals surface area contributed by atoms with E-state index in [2.05, 4.69) is 26.1 Å². The van der Waals surface area contributed by atoms with Crippen LogP contribution in [0.25, 0.3) is 0 Å². The standard InChI is InChI=1S/C12H17Cl2N/c1-8(2)15-9(3)6-10-4-5-11(13)7-12(10)14/h4-5,7-9,15H,6H2,1-3H3. The second-order valence-corrected chi connectivity index (χ2v) is 5.01. The van der Waals surface area contributed by atoms with Crippen molar-refractivity contribution in [3.05, 3.63) is 33.8 Å². The van der Waals surface area contributed by atoms with Gasteiger partial charge in [-0.05, 0) is 31.0 Å². The molecule has 0 radical (unpaired) electrons. The lowest BCUT2D eigenvalue weighted by Crippen LogP contribution is -2.33. The zero-order chi connectivity index (χ0) is 11.4. The Morgan fingerprint density at radius 1 is 1.20 bits per heavy atom. The Balaban J connectivity index is 2.64. The molecule has 3 heteroatoms. The molecule has 0 heterocycles. The molecule has 0 aliphatic rings. The van der Waals surface area contributed by atoms with Crippen LogP contribution in [0, 0.1) is 0 Å². The van der Waals surface area contributed by atoms with E-state index in [9.17, 15) is 0 Å². The van der Waals surface area contributed by atoms with Gasteiger partial charge >= 0.3 is 0 Å². The van der Waals surface area contributed by atoms with Gasteiger partial charge in [-0.3, -0.25) is 0 Å². The highest BCUT2D eigenvalue weighted by Crippen LogP contribution is 2.22. The van der Waals surface area contributed by atoms with E-state index in [1.54, 1.807) is 6.07 Å². The van der Waals surface area contributed by atoms with Crippen LogP contribution in [0.15, 0.2) is 18.2 Å². The Labute approximate surface area is 102 Å². The van der Waals surface area contributed by atoms with Gasteiger partial charge in [0.1, 0.15) is 0 Å². The largest absolute Gasteiger partial charge is 0.312 e. The molecule has 0 saturated heterocycles. The Morgan fingerprint density at radius 3 is 2.40 bits per heavy atom. The summed E-state index contributed by atoms with van der Waals surface area (Å²) in [7, 11) is 0. The first-order chi connectivity index (χ1) is 6.99. The summed E-state index contributed by atoms with van der Waals surface area (Å²) >= 11 is 11.9. The second-order valence-electron chi connectivity index (χ2n) is 4.16. The molecule has 0 spiro atoms. The van der Waals surface area contributed by atoms with E-state index < -0.39 is 0 Å². The molecule has 1 aromatic carbocycles. The molecule has 1 N–H and O–H groups in total. The monoisotopic (exact) mass is 245 g/mol. The summed E-state index contributed by atoms with van der Waals surface area (Å²) in [6.45, 7) is 6.44. The highest BCUT2D eigenvalue weighted by Gasteiger charge is 2.07. The van der Waals surface area contributed by atoms with Gasteiger partial charge in [0.2, 0.25) is 0 Å². The Hall–Kier alpha value is -0.240. The summed E-state index contributed by atoms with van der Waals surface area (Å²) < 4.78 is 0. The lowest BCUT2D eigenvalue weighted by atomic mass is 10.1. The maximum Gasteiger partial charge on any atom is 0.0453 e. The molecule has 0 amide bonds. The van der Waals surface area contributed by atoms with Gasteiger partial charge in [0.05, 0.1) is 0 Å². The van der Waals surface area contributed by atoms with Crippen LogP contribution in [-0.4, -0.2) is 12.1 Å². The molecule has 0 aromatic heterocycles. The molecule has 0 saturated carbocycles. The molecule has 1 nitrogen and oxygen atoms in total. The fraction of sp³-hybridized carbons (Fsp3) is 0.500. The molecule has 84 valence electrons. The maximum atomic E-state index is 6.10. The molecule has 15 heavy (non-hydrogen) atoms. The molecule has 1 unspecified atom stereocenters. The predicted octanol–water partition coefficient (Wildman–Crippen LogP) is 3.92. The lowest BCUT2D eigenvalue weighted by molar-refractivity contribution is 0.488. The number of rotatable bonds is 4. The first-order valence-electron chi connectivity index (χ1n) is 5.19. The van der Waals surface area contributed by atoms with Crippen molar-refractivity contribution in [2.24, 2.45) is 0 Å². The molecule has 0 fully saturated rings. The van der Waals surface area contributed by atoms with Crippen molar-refractivity contribution in [3.8, 4) is 0 Å². The normalized spacial score (nSPS) is 13.2. The van der Waals surface area contributed by atoms with Gasteiger partial charge in [-0.15, -0.1) is 0 Å². The van der Waals surface area contributed by atoms with Crippen LogP contribution in [0.1, 0.15) is 26.3 Å².